The van der Waals surface area contributed by atoms with Gasteiger partial charge in [-0.15, -0.1) is 6.58 Å². The van der Waals surface area contributed by atoms with Crippen molar-refractivity contribution in [3.63, 3.8) is 0 Å². The van der Waals surface area contributed by atoms with Crippen LogP contribution in [0.25, 0.3) is 0 Å². The van der Waals surface area contributed by atoms with Gasteiger partial charge in [-0.05, 0) is 6.92 Å². The van der Waals surface area contributed by atoms with E-state index in [0.29, 0.717) is 0 Å². The Bertz CT molecular complexity index is 229. The molecule has 0 bridgehead atoms. The average Bonchev–Trinajstić information content (AvgIpc) is 2.13. The molecule has 0 aromatic rings. The van der Waals surface area contributed by atoms with E-state index in [1.54, 1.807) is 6.92 Å². The lowest BCUT2D eigenvalue weighted by atomic mass is 10.3. The fourth-order valence-electron chi connectivity index (χ4n) is 0.651. The number of hydrogen-bond acceptors (Lipinski definition) is 3. The minimum absolute atomic E-state index is 0.261. The molecule has 0 saturated heterocycles. The number of urea groups is 1. The molecule has 0 aliphatic heterocycles. The molecular formula is C8H14N2O4. The standard InChI is InChI=1S/C8H14N2O4/c1-3-5(2)9-8(14)10-6(4-11)7(12)13/h3,5-6,11H,1,4H2,2H3,(H,12,13)(H2,9,10,14). The molecule has 14 heavy (non-hydrogen) atoms. The highest BCUT2D eigenvalue weighted by Gasteiger charge is 2.18. The molecule has 0 aliphatic rings. The average molecular weight is 202 g/mol. The topological polar surface area (TPSA) is 98.7 Å². The number of hydrogen-bond donors (Lipinski definition) is 4. The molecule has 0 aromatic heterocycles. The third-order valence-electron chi connectivity index (χ3n) is 1.50. The van der Waals surface area contributed by atoms with Gasteiger partial charge in [-0.25, -0.2) is 9.59 Å². The number of carbonyl (C=O) groups is 2. The van der Waals surface area contributed by atoms with Gasteiger partial charge in [-0.2, -0.15) is 0 Å². The van der Waals surface area contributed by atoms with E-state index in [2.05, 4.69) is 17.2 Å². The number of carboxylic acid groups (broad SMARTS) is 1. The largest absolute Gasteiger partial charge is 0.480 e. The van der Waals surface area contributed by atoms with Crippen molar-refractivity contribution >= 4 is 12.0 Å². The summed E-state index contributed by atoms with van der Waals surface area (Å²) in [5, 5.41) is 21.6. The minimum atomic E-state index is -1.29. The predicted molar refractivity (Wildman–Crippen MR) is 49.8 cm³/mol. The monoisotopic (exact) mass is 202 g/mol. The van der Waals surface area contributed by atoms with Gasteiger partial charge >= 0.3 is 12.0 Å². The predicted octanol–water partition coefficient (Wildman–Crippen LogP) is -0.694. The SMILES string of the molecule is C=CC(C)NC(=O)NC(CO)C(=O)O. The second-order valence-electron chi connectivity index (χ2n) is 2.72. The summed E-state index contributed by atoms with van der Waals surface area (Å²) in [6.07, 6.45) is 1.49. The Hall–Kier alpha value is -1.56. The first-order valence-electron chi connectivity index (χ1n) is 4.04. The van der Waals surface area contributed by atoms with Crippen LogP contribution in [-0.4, -0.2) is 40.9 Å². The zero-order chi connectivity index (χ0) is 11.1. The maximum Gasteiger partial charge on any atom is 0.328 e. The zero-order valence-electron chi connectivity index (χ0n) is 7.86. The van der Waals surface area contributed by atoms with Crippen LogP contribution >= 0.6 is 0 Å². The zero-order valence-corrected chi connectivity index (χ0v) is 7.86. The van der Waals surface area contributed by atoms with Crippen molar-refractivity contribution in [2.24, 2.45) is 0 Å². The first kappa shape index (κ1) is 12.4. The number of rotatable bonds is 5. The number of aliphatic carboxylic acids is 1. The molecule has 6 heteroatoms. The van der Waals surface area contributed by atoms with Crippen LogP contribution < -0.4 is 10.6 Å². The summed E-state index contributed by atoms with van der Waals surface area (Å²) in [6, 6.07) is -2.20. The van der Waals surface area contributed by atoms with E-state index < -0.39 is 24.6 Å². The number of aliphatic hydroxyl groups excluding tert-OH is 1. The van der Waals surface area contributed by atoms with Gasteiger partial charge in [0.1, 0.15) is 0 Å². The summed E-state index contributed by atoms with van der Waals surface area (Å²) in [4.78, 5) is 21.4. The normalized spacial score (nSPS) is 13.9. The highest BCUT2D eigenvalue weighted by molar-refractivity contribution is 5.82. The maximum absolute atomic E-state index is 11.0. The van der Waals surface area contributed by atoms with Crippen molar-refractivity contribution in [2.75, 3.05) is 6.61 Å². The van der Waals surface area contributed by atoms with E-state index in [-0.39, 0.29) is 6.04 Å². The van der Waals surface area contributed by atoms with Gasteiger partial charge < -0.3 is 20.8 Å². The van der Waals surface area contributed by atoms with Crippen LogP contribution in [0.4, 0.5) is 4.79 Å². The Morgan fingerprint density at radius 3 is 2.43 bits per heavy atom. The van der Waals surface area contributed by atoms with Crippen molar-refractivity contribution in [3.8, 4) is 0 Å². The number of carboxylic acids is 1. The van der Waals surface area contributed by atoms with Crippen molar-refractivity contribution in [3.05, 3.63) is 12.7 Å². The molecule has 6 nitrogen and oxygen atoms in total. The molecule has 0 rings (SSSR count). The molecular weight excluding hydrogens is 188 g/mol. The van der Waals surface area contributed by atoms with Crippen LogP contribution in [0.3, 0.4) is 0 Å². The van der Waals surface area contributed by atoms with Gasteiger partial charge in [0.05, 0.1) is 6.61 Å². The molecule has 80 valence electrons. The molecule has 0 fully saturated rings. The van der Waals surface area contributed by atoms with Crippen molar-refractivity contribution in [1.82, 2.24) is 10.6 Å². The first-order chi connectivity index (χ1) is 6.51. The minimum Gasteiger partial charge on any atom is -0.480 e. The number of nitrogens with one attached hydrogen (secondary N) is 2. The number of aliphatic hydroxyl groups is 1. The quantitative estimate of drug-likeness (QED) is 0.443. The Morgan fingerprint density at radius 2 is 2.07 bits per heavy atom. The summed E-state index contributed by atoms with van der Waals surface area (Å²) in [5.41, 5.74) is 0. The molecule has 0 aromatic carbocycles. The second-order valence-corrected chi connectivity index (χ2v) is 2.72. The summed E-state index contributed by atoms with van der Waals surface area (Å²) in [7, 11) is 0. The molecule has 0 spiro atoms. The van der Waals surface area contributed by atoms with E-state index in [4.69, 9.17) is 10.2 Å². The fourth-order valence-corrected chi connectivity index (χ4v) is 0.651. The van der Waals surface area contributed by atoms with Gasteiger partial charge in [0.2, 0.25) is 0 Å². The number of amides is 2. The molecule has 2 atom stereocenters. The van der Waals surface area contributed by atoms with Crippen LogP contribution in [0.1, 0.15) is 6.92 Å². The van der Waals surface area contributed by atoms with Gasteiger partial charge in [0.25, 0.3) is 0 Å². The van der Waals surface area contributed by atoms with Crippen LogP contribution in [0.5, 0.6) is 0 Å². The summed E-state index contributed by atoms with van der Waals surface area (Å²) in [6.45, 7) is 4.47. The van der Waals surface area contributed by atoms with Gasteiger partial charge in [-0.1, -0.05) is 6.08 Å². The second kappa shape index (κ2) is 5.98. The van der Waals surface area contributed by atoms with E-state index >= 15 is 0 Å². The summed E-state index contributed by atoms with van der Waals surface area (Å²) < 4.78 is 0. The molecule has 0 saturated carbocycles. The highest BCUT2D eigenvalue weighted by atomic mass is 16.4. The summed E-state index contributed by atoms with van der Waals surface area (Å²) in [5.74, 6) is -1.28. The summed E-state index contributed by atoms with van der Waals surface area (Å²) >= 11 is 0. The van der Waals surface area contributed by atoms with Crippen LogP contribution in [0.2, 0.25) is 0 Å². The highest BCUT2D eigenvalue weighted by Crippen LogP contribution is 1.85. The molecule has 0 radical (unpaired) electrons. The third-order valence-corrected chi connectivity index (χ3v) is 1.50. The van der Waals surface area contributed by atoms with Gasteiger partial charge in [-0.3, -0.25) is 0 Å². The molecule has 0 heterocycles. The lowest BCUT2D eigenvalue weighted by Gasteiger charge is -2.14. The number of carbonyl (C=O) groups excluding carboxylic acids is 1. The smallest absolute Gasteiger partial charge is 0.328 e. The van der Waals surface area contributed by atoms with Crippen LogP contribution in [0, 0.1) is 0 Å². The molecule has 0 aliphatic carbocycles. The third kappa shape index (κ3) is 4.46. The lowest BCUT2D eigenvalue weighted by molar-refractivity contribution is -0.140. The lowest BCUT2D eigenvalue weighted by Crippen LogP contribution is -2.49. The van der Waals surface area contributed by atoms with E-state index in [9.17, 15) is 9.59 Å². The Kier molecular flexibility index (Phi) is 5.31. The maximum atomic E-state index is 11.0. The van der Waals surface area contributed by atoms with Crippen LogP contribution in [0.15, 0.2) is 12.7 Å². The van der Waals surface area contributed by atoms with Crippen molar-refractivity contribution in [2.45, 2.75) is 19.0 Å². The van der Waals surface area contributed by atoms with Gasteiger partial charge in [0.15, 0.2) is 6.04 Å². The van der Waals surface area contributed by atoms with Crippen molar-refractivity contribution < 1.29 is 19.8 Å². The van der Waals surface area contributed by atoms with Crippen molar-refractivity contribution in [1.29, 1.82) is 0 Å². The molecule has 2 amide bonds. The Balaban J connectivity index is 4.03. The first-order valence-corrected chi connectivity index (χ1v) is 4.04. The van der Waals surface area contributed by atoms with Gasteiger partial charge in [0, 0.05) is 6.04 Å². The fraction of sp³-hybridized carbons (Fsp3) is 0.500. The van der Waals surface area contributed by atoms with E-state index in [1.807, 2.05) is 0 Å². The van der Waals surface area contributed by atoms with E-state index in [1.165, 1.54) is 6.08 Å². The Morgan fingerprint density at radius 1 is 1.50 bits per heavy atom. The van der Waals surface area contributed by atoms with E-state index in [0.717, 1.165) is 0 Å². The molecule has 2 unspecified atom stereocenters. The van der Waals surface area contributed by atoms with Crippen LogP contribution in [-0.2, 0) is 4.79 Å². The Labute approximate surface area is 81.6 Å². The molecule has 4 N–H and O–H groups in total.